The van der Waals surface area contributed by atoms with E-state index >= 15 is 0 Å². The third-order valence-electron chi connectivity index (χ3n) is 4.31. The molecule has 1 aliphatic heterocycles. The van der Waals surface area contributed by atoms with Gasteiger partial charge in [-0.1, -0.05) is 0 Å². The van der Waals surface area contributed by atoms with E-state index in [9.17, 15) is 0 Å². The summed E-state index contributed by atoms with van der Waals surface area (Å²) in [7, 11) is 2.24. The molecule has 2 N–H and O–H groups in total. The third kappa shape index (κ3) is 2.12. The molecule has 2 aliphatic rings. The number of piperidine rings is 1. The van der Waals surface area contributed by atoms with Crippen molar-refractivity contribution in [2.75, 3.05) is 20.1 Å². The second kappa shape index (κ2) is 3.82. The second-order valence-electron chi connectivity index (χ2n) is 5.62. The molecule has 2 heteroatoms. The monoisotopic (exact) mass is 196 g/mol. The normalized spacial score (nSPS) is 33.2. The summed E-state index contributed by atoms with van der Waals surface area (Å²) >= 11 is 0. The Balaban J connectivity index is 1.74. The number of nitrogens with zero attached hydrogens (tertiary/aromatic N) is 1. The molecule has 14 heavy (non-hydrogen) atoms. The molecule has 2 nitrogen and oxygen atoms in total. The van der Waals surface area contributed by atoms with Crippen molar-refractivity contribution in [3.05, 3.63) is 0 Å². The van der Waals surface area contributed by atoms with Gasteiger partial charge in [0, 0.05) is 6.04 Å². The highest BCUT2D eigenvalue weighted by atomic mass is 15.1. The van der Waals surface area contributed by atoms with Gasteiger partial charge in [-0.25, -0.2) is 0 Å². The van der Waals surface area contributed by atoms with Crippen LogP contribution >= 0.6 is 0 Å². The van der Waals surface area contributed by atoms with Gasteiger partial charge in [0.25, 0.3) is 0 Å². The standard InChI is InChI=1S/C12H24N2/c1-10(13)3-4-11-9-12(11)5-7-14(2)8-6-12/h10-11H,3-9,13H2,1-2H3. The van der Waals surface area contributed by atoms with Gasteiger partial charge in [0.1, 0.15) is 0 Å². The minimum absolute atomic E-state index is 0.402. The van der Waals surface area contributed by atoms with Crippen LogP contribution in [0.1, 0.15) is 39.0 Å². The molecule has 0 aromatic rings. The molecular formula is C12H24N2. The molecule has 82 valence electrons. The lowest BCUT2D eigenvalue weighted by molar-refractivity contribution is 0.190. The van der Waals surface area contributed by atoms with E-state index in [0.29, 0.717) is 6.04 Å². The van der Waals surface area contributed by atoms with Gasteiger partial charge in [-0.15, -0.1) is 0 Å². The fraction of sp³-hybridized carbons (Fsp3) is 1.00. The van der Waals surface area contributed by atoms with Gasteiger partial charge in [-0.05, 0) is 70.5 Å². The van der Waals surface area contributed by atoms with Crippen LogP contribution in [0.3, 0.4) is 0 Å². The van der Waals surface area contributed by atoms with E-state index in [0.717, 1.165) is 11.3 Å². The Morgan fingerprint density at radius 3 is 2.64 bits per heavy atom. The average Bonchev–Trinajstić information content (AvgIpc) is 2.82. The van der Waals surface area contributed by atoms with Crippen LogP contribution in [0.4, 0.5) is 0 Å². The smallest absolute Gasteiger partial charge is 0.00105 e. The van der Waals surface area contributed by atoms with E-state index in [-0.39, 0.29) is 0 Å². The SMILES string of the molecule is CC(N)CCC1CC12CCN(C)CC2. The minimum atomic E-state index is 0.402. The molecule has 0 amide bonds. The van der Waals surface area contributed by atoms with Crippen LogP contribution in [0.25, 0.3) is 0 Å². The summed E-state index contributed by atoms with van der Waals surface area (Å²) in [4.78, 5) is 2.46. The van der Waals surface area contributed by atoms with Crippen LogP contribution in [-0.4, -0.2) is 31.1 Å². The van der Waals surface area contributed by atoms with Crippen molar-refractivity contribution < 1.29 is 0 Å². The Morgan fingerprint density at radius 2 is 2.07 bits per heavy atom. The van der Waals surface area contributed by atoms with Gasteiger partial charge >= 0.3 is 0 Å². The Morgan fingerprint density at radius 1 is 1.43 bits per heavy atom. The molecule has 0 bridgehead atoms. The van der Waals surface area contributed by atoms with Crippen molar-refractivity contribution in [2.45, 2.75) is 45.1 Å². The van der Waals surface area contributed by atoms with Gasteiger partial charge < -0.3 is 10.6 Å². The molecule has 0 aromatic heterocycles. The lowest BCUT2D eigenvalue weighted by Crippen LogP contribution is -2.32. The first-order chi connectivity index (χ1) is 6.62. The summed E-state index contributed by atoms with van der Waals surface area (Å²) in [5.41, 5.74) is 6.57. The molecular weight excluding hydrogens is 172 g/mol. The van der Waals surface area contributed by atoms with Crippen LogP contribution in [0.2, 0.25) is 0 Å². The zero-order chi connectivity index (χ0) is 10.2. The molecule has 0 radical (unpaired) electrons. The van der Waals surface area contributed by atoms with Crippen molar-refractivity contribution in [2.24, 2.45) is 17.1 Å². The van der Waals surface area contributed by atoms with Crippen molar-refractivity contribution in [3.8, 4) is 0 Å². The molecule has 2 rings (SSSR count). The minimum Gasteiger partial charge on any atom is -0.328 e. The average molecular weight is 196 g/mol. The molecule has 0 aromatic carbocycles. The first-order valence-corrected chi connectivity index (χ1v) is 6.06. The largest absolute Gasteiger partial charge is 0.328 e. The van der Waals surface area contributed by atoms with Gasteiger partial charge in [-0.2, -0.15) is 0 Å². The van der Waals surface area contributed by atoms with E-state index < -0.39 is 0 Å². The molecule has 1 aliphatic carbocycles. The second-order valence-corrected chi connectivity index (χ2v) is 5.62. The van der Waals surface area contributed by atoms with Crippen molar-refractivity contribution in [3.63, 3.8) is 0 Å². The zero-order valence-corrected chi connectivity index (χ0v) is 9.63. The van der Waals surface area contributed by atoms with Gasteiger partial charge in [-0.3, -0.25) is 0 Å². The van der Waals surface area contributed by atoms with E-state index in [1.165, 1.54) is 45.2 Å². The maximum atomic E-state index is 5.80. The highest BCUT2D eigenvalue weighted by molar-refractivity contribution is 5.04. The lowest BCUT2D eigenvalue weighted by atomic mass is 9.89. The molecule has 2 atom stereocenters. The van der Waals surface area contributed by atoms with E-state index in [1.807, 2.05) is 0 Å². The number of hydrogen-bond donors (Lipinski definition) is 1. The highest BCUT2D eigenvalue weighted by Crippen LogP contribution is 2.61. The van der Waals surface area contributed by atoms with E-state index in [4.69, 9.17) is 5.73 Å². The summed E-state index contributed by atoms with van der Waals surface area (Å²) in [5.74, 6) is 1.02. The number of rotatable bonds is 3. The number of likely N-dealkylation sites (tertiary alicyclic amines) is 1. The molecule has 1 spiro atoms. The van der Waals surface area contributed by atoms with Crippen molar-refractivity contribution in [1.29, 1.82) is 0 Å². The Kier molecular flexibility index (Phi) is 2.85. The fourth-order valence-corrected chi connectivity index (χ4v) is 2.98. The predicted octanol–water partition coefficient (Wildman–Crippen LogP) is 1.85. The number of hydrogen-bond acceptors (Lipinski definition) is 2. The molecule has 1 heterocycles. The topological polar surface area (TPSA) is 29.3 Å². The van der Waals surface area contributed by atoms with Crippen LogP contribution in [0, 0.1) is 11.3 Å². The van der Waals surface area contributed by atoms with Crippen LogP contribution in [0.15, 0.2) is 0 Å². The number of nitrogens with two attached hydrogens (primary N) is 1. The lowest BCUT2D eigenvalue weighted by Gasteiger charge is -2.30. The van der Waals surface area contributed by atoms with Crippen LogP contribution in [-0.2, 0) is 0 Å². The van der Waals surface area contributed by atoms with Gasteiger partial charge in [0.05, 0.1) is 0 Å². The highest BCUT2D eigenvalue weighted by Gasteiger charge is 2.53. The fourth-order valence-electron chi connectivity index (χ4n) is 2.98. The van der Waals surface area contributed by atoms with Crippen LogP contribution < -0.4 is 5.73 Å². The van der Waals surface area contributed by atoms with E-state index in [1.54, 1.807) is 0 Å². The summed E-state index contributed by atoms with van der Waals surface area (Å²) in [6.45, 7) is 4.76. The predicted molar refractivity (Wildman–Crippen MR) is 60.2 cm³/mol. The molecule has 1 saturated heterocycles. The third-order valence-corrected chi connectivity index (χ3v) is 4.31. The zero-order valence-electron chi connectivity index (χ0n) is 9.63. The Hall–Kier alpha value is -0.0800. The first kappa shape index (κ1) is 10.4. The molecule has 1 saturated carbocycles. The van der Waals surface area contributed by atoms with Gasteiger partial charge in [0.2, 0.25) is 0 Å². The maximum Gasteiger partial charge on any atom is 0.00105 e. The quantitative estimate of drug-likeness (QED) is 0.746. The summed E-state index contributed by atoms with van der Waals surface area (Å²) < 4.78 is 0. The Bertz CT molecular complexity index is 192. The van der Waals surface area contributed by atoms with Crippen molar-refractivity contribution >= 4 is 0 Å². The van der Waals surface area contributed by atoms with Crippen molar-refractivity contribution in [1.82, 2.24) is 4.90 Å². The Labute approximate surface area is 87.8 Å². The maximum absolute atomic E-state index is 5.80. The summed E-state index contributed by atoms with van der Waals surface area (Å²) in [6.07, 6.45) is 6.97. The summed E-state index contributed by atoms with van der Waals surface area (Å²) in [5, 5.41) is 0. The molecule has 2 unspecified atom stereocenters. The molecule has 2 fully saturated rings. The van der Waals surface area contributed by atoms with Crippen LogP contribution in [0.5, 0.6) is 0 Å². The van der Waals surface area contributed by atoms with Gasteiger partial charge in [0.15, 0.2) is 0 Å². The van der Waals surface area contributed by atoms with E-state index in [2.05, 4.69) is 18.9 Å². The summed E-state index contributed by atoms with van der Waals surface area (Å²) in [6, 6.07) is 0.402. The first-order valence-electron chi connectivity index (χ1n) is 6.06.